The van der Waals surface area contributed by atoms with Gasteiger partial charge in [0.15, 0.2) is 0 Å². The molecular weight excluding hydrogens is 406 g/mol. The minimum atomic E-state index is -0.0234. The summed E-state index contributed by atoms with van der Waals surface area (Å²) in [7, 11) is 0. The summed E-state index contributed by atoms with van der Waals surface area (Å²) in [5, 5.41) is 5.91. The number of rotatable bonds is 8. The van der Waals surface area contributed by atoms with Crippen LogP contribution in [0.3, 0.4) is 0 Å². The average molecular weight is 444 g/mol. The Morgan fingerprint density at radius 3 is 2.44 bits per heavy atom. The van der Waals surface area contributed by atoms with E-state index in [-0.39, 0.29) is 23.6 Å². The van der Waals surface area contributed by atoms with E-state index in [9.17, 15) is 14.4 Å². The van der Waals surface area contributed by atoms with Crippen molar-refractivity contribution < 1.29 is 14.4 Å². The van der Waals surface area contributed by atoms with Crippen molar-refractivity contribution in [2.24, 2.45) is 5.92 Å². The lowest BCUT2D eigenvalue weighted by molar-refractivity contribution is -0.136. The van der Waals surface area contributed by atoms with Gasteiger partial charge in [-0.05, 0) is 44.4 Å². The Morgan fingerprint density at radius 1 is 0.969 bits per heavy atom. The van der Waals surface area contributed by atoms with E-state index >= 15 is 0 Å². The molecule has 1 aromatic carbocycles. The van der Waals surface area contributed by atoms with E-state index in [0.29, 0.717) is 52.4 Å². The molecule has 8 nitrogen and oxygen atoms in total. The van der Waals surface area contributed by atoms with Gasteiger partial charge in [0.1, 0.15) is 0 Å². The molecule has 2 aliphatic rings. The number of piperazine rings is 1. The second-order valence-electron chi connectivity index (χ2n) is 8.68. The molecule has 0 aromatic heterocycles. The van der Waals surface area contributed by atoms with Crippen LogP contribution in [-0.4, -0.2) is 91.3 Å². The molecule has 0 bridgehead atoms. The number of aryl methyl sites for hydroxylation is 1. The van der Waals surface area contributed by atoms with Crippen LogP contribution in [0.1, 0.15) is 32.3 Å². The summed E-state index contributed by atoms with van der Waals surface area (Å²) in [6.07, 6.45) is 2.71. The van der Waals surface area contributed by atoms with Crippen LogP contribution in [0.5, 0.6) is 0 Å². The predicted octanol–water partition coefficient (Wildman–Crippen LogP) is 1.18. The van der Waals surface area contributed by atoms with Crippen molar-refractivity contribution in [3.05, 3.63) is 29.8 Å². The fraction of sp³-hybridized carbons (Fsp3) is 0.625. The molecule has 1 unspecified atom stereocenters. The molecule has 2 aliphatic heterocycles. The predicted molar refractivity (Wildman–Crippen MR) is 125 cm³/mol. The van der Waals surface area contributed by atoms with E-state index in [0.717, 1.165) is 37.1 Å². The quantitative estimate of drug-likeness (QED) is 0.630. The first kappa shape index (κ1) is 24.2. The lowest BCUT2D eigenvalue weighted by atomic mass is 9.97. The number of nitrogens with zero attached hydrogens (tertiary/aromatic N) is 3. The van der Waals surface area contributed by atoms with Crippen molar-refractivity contribution in [3.8, 4) is 0 Å². The van der Waals surface area contributed by atoms with E-state index in [2.05, 4.69) is 27.4 Å². The first-order valence-corrected chi connectivity index (χ1v) is 11.9. The zero-order valence-corrected chi connectivity index (χ0v) is 19.4. The molecular formula is C24H37N5O3. The highest BCUT2D eigenvalue weighted by molar-refractivity contribution is 5.93. The van der Waals surface area contributed by atoms with Crippen molar-refractivity contribution in [1.29, 1.82) is 0 Å². The monoisotopic (exact) mass is 443 g/mol. The second-order valence-corrected chi connectivity index (χ2v) is 8.68. The Labute approximate surface area is 191 Å². The van der Waals surface area contributed by atoms with Crippen LogP contribution in [-0.2, 0) is 20.8 Å². The van der Waals surface area contributed by atoms with Gasteiger partial charge in [-0.25, -0.2) is 0 Å². The van der Waals surface area contributed by atoms with Crippen LogP contribution >= 0.6 is 0 Å². The molecule has 2 fully saturated rings. The number of hydrogen-bond acceptors (Lipinski definition) is 5. The van der Waals surface area contributed by atoms with Crippen LogP contribution in [0.4, 0.5) is 5.69 Å². The molecule has 2 N–H and O–H groups in total. The van der Waals surface area contributed by atoms with Gasteiger partial charge in [0, 0.05) is 45.0 Å². The molecule has 2 saturated heterocycles. The lowest BCUT2D eigenvalue weighted by Crippen LogP contribution is -2.53. The highest BCUT2D eigenvalue weighted by Crippen LogP contribution is 2.17. The average Bonchev–Trinajstić information content (AvgIpc) is 2.80. The number of para-hydroxylation sites is 1. The van der Waals surface area contributed by atoms with Gasteiger partial charge >= 0.3 is 0 Å². The second kappa shape index (κ2) is 12.0. The Kier molecular flexibility index (Phi) is 9.05. The fourth-order valence-corrected chi connectivity index (χ4v) is 4.52. The van der Waals surface area contributed by atoms with Gasteiger partial charge in [-0.3, -0.25) is 24.2 Å². The summed E-state index contributed by atoms with van der Waals surface area (Å²) in [6.45, 7) is 9.49. The zero-order chi connectivity index (χ0) is 22.9. The highest BCUT2D eigenvalue weighted by Gasteiger charge is 2.29. The molecule has 2 heterocycles. The third-order valence-corrected chi connectivity index (χ3v) is 6.35. The molecule has 32 heavy (non-hydrogen) atoms. The van der Waals surface area contributed by atoms with Crippen LogP contribution in [0.15, 0.2) is 24.3 Å². The van der Waals surface area contributed by atoms with Crippen molar-refractivity contribution in [2.75, 3.05) is 64.2 Å². The number of carbonyl (C=O) groups excluding carboxylic acids is 3. The molecule has 176 valence electrons. The van der Waals surface area contributed by atoms with Crippen molar-refractivity contribution >= 4 is 23.4 Å². The van der Waals surface area contributed by atoms with Crippen LogP contribution in [0.25, 0.3) is 0 Å². The summed E-state index contributed by atoms with van der Waals surface area (Å²) >= 11 is 0. The van der Waals surface area contributed by atoms with Gasteiger partial charge in [0.2, 0.25) is 17.7 Å². The molecule has 0 spiro atoms. The molecule has 8 heteroatoms. The molecule has 3 rings (SSSR count). The number of carbonyl (C=O) groups is 3. The maximum Gasteiger partial charge on any atom is 0.238 e. The van der Waals surface area contributed by atoms with E-state index in [1.165, 1.54) is 0 Å². The molecule has 0 aliphatic carbocycles. The fourth-order valence-electron chi connectivity index (χ4n) is 4.52. The largest absolute Gasteiger partial charge is 0.356 e. The summed E-state index contributed by atoms with van der Waals surface area (Å²) < 4.78 is 0. The van der Waals surface area contributed by atoms with Crippen LogP contribution in [0, 0.1) is 5.92 Å². The van der Waals surface area contributed by atoms with E-state index in [1.54, 1.807) is 0 Å². The smallest absolute Gasteiger partial charge is 0.238 e. The molecule has 0 saturated carbocycles. The first-order chi connectivity index (χ1) is 15.5. The zero-order valence-electron chi connectivity index (χ0n) is 19.4. The summed E-state index contributed by atoms with van der Waals surface area (Å²) in [4.78, 5) is 43.5. The Hall–Kier alpha value is -2.45. The van der Waals surface area contributed by atoms with E-state index in [1.807, 2.05) is 36.1 Å². The third-order valence-electron chi connectivity index (χ3n) is 6.35. The molecule has 0 radical (unpaired) electrons. The van der Waals surface area contributed by atoms with Crippen LogP contribution in [0.2, 0.25) is 0 Å². The van der Waals surface area contributed by atoms with Crippen molar-refractivity contribution in [2.45, 2.75) is 33.1 Å². The van der Waals surface area contributed by atoms with Crippen molar-refractivity contribution in [1.82, 2.24) is 20.0 Å². The summed E-state index contributed by atoms with van der Waals surface area (Å²) in [5.74, 6) is 0.167. The number of likely N-dealkylation sites (tertiary alicyclic amines) is 1. The van der Waals surface area contributed by atoms with Gasteiger partial charge in [-0.1, -0.05) is 25.1 Å². The van der Waals surface area contributed by atoms with Gasteiger partial charge in [0.05, 0.1) is 19.0 Å². The van der Waals surface area contributed by atoms with E-state index in [4.69, 9.17) is 0 Å². The summed E-state index contributed by atoms with van der Waals surface area (Å²) in [5.41, 5.74) is 2.00. The SMILES string of the molecule is CCNC(=O)C1CCCN(CC(=O)N2CCN(CC(=O)Nc3ccccc3CC)CC2)C1. The van der Waals surface area contributed by atoms with Gasteiger partial charge in [-0.2, -0.15) is 0 Å². The minimum absolute atomic E-state index is 0.0182. The Morgan fingerprint density at radius 2 is 1.72 bits per heavy atom. The van der Waals surface area contributed by atoms with Gasteiger partial charge in [0.25, 0.3) is 0 Å². The van der Waals surface area contributed by atoms with Gasteiger partial charge < -0.3 is 15.5 Å². The Bertz CT molecular complexity index is 792. The molecule has 1 aromatic rings. The minimum Gasteiger partial charge on any atom is -0.356 e. The topological polar surface area (TPSA) is 85.0 Å². The first-order valence-electron chi connectivity index (χ1n) is 11.9. The van der Waals surface area contributed by atoms with Crippen molar-refractivity contribution in [3.63, 3.8) is 0 Å². The Balaban J connectivity index is 1.40. The third kappa shape index (κ3) is 6.77. The number of hydrogen-bond donors (Lipinski definition) is 2. The lowest BCUT2D eigenvalue weighted by Gasteiger charge is -2.37. The number of amides is 3. The number of piperidine rings is 1. The number of nitrogens with one attached hydrogen (secondary N) is 2. The molecule has 1 atom stereocenters. The molecule has 3 amide bonds. The number of benzene rings is 1. The highest BCUT2D eigenvalue weighted by atomic mass is 16.2. The maximum absolute atomic E-state index is 12.8. The van der Waals surface area contributed by atoms with Gasteiger partial charge in [-0.15, -0.1) is 0 Å². The standard InChI is InChI=1S/C24H37N5O3/c1-3-19-8-5-6-10-21(19)26-22(30)17-27-12-14-29(15-13-27)23(31)18-28-11-7-9-20(16-28)24(32)25-4-2/h5-6,8,10,20H,3-4,7,9,11-18H2,1-2H3,(H,25,32)(H,26,30). The maximum atomic E-state index is 12.8. The van der Waals surface area contributed by atoms with E-state index < -0.39 is 0 Å². The number of anilines is 1. The normalized spacial score (nSPS) is 20.1. The summed E-state index contributed by atoms with van der Waals surface area (Å²) in [6, 6.07) is 7.87. The van der Waals surface area contributed by atoms with Crippen LogP contribution < -0.4 is 10.6 Å².